The summed E-state index contributed by atoms with van der Waals surface area (Å²) in [6.07, 6.45) is 1.91. The second-order valence-corrected chi connectivity index (χ2v) is 2.54. The van der Waals surface area contributed by atoms with Gasteiger partial charge in [0, 0.05) is 0 Å². The molecule has 0 fully saturated rings. The van der Waals surface area contributed by atoms with Crippen molar-refractivity contribution in [3.05, 3.63) is 22.4 Å². The highest BCUT2D eigenvalue weighted by Gasteiger charge is 1.99. The van der Waals surface area contributed by atoms with Gasteiger partial charge in [-0.05, 0) is 6.07 Å². The Morgan fingerprint density at radius 1 is 1.55 bits per heavy atom. The van der Waals surface area contributed by atoms with E-state index in [-0.39, 0.29) is 0 Å². The summed E-state index contributed by atoms with van der Waals surface area (Å²) in [5, 5.41) is 3.04. The summed E-state index contributed by atoms with van der Waals surface area (Å²) < 4.78 is 0. The van der Waals surface area contributed by atoms with E-state index >= 15 is 0 Å². The summed E-state index contributed by atoms with van der Waals surface area (Å²) in [6.45, 7) is 0. The Morgan fingerprint density at radius 2 is 2.27 bits per heavy atom. The number of carbonyl (C=O) groups excluding carboxylic acids is 1. The second kappa shape index (κ2) is 3.55. The lowest BCUT2D eigenvalue weighted by Crippen LogP contribution is -1.94. The minimum atomic E-state index is 0.298. The lowest BCUT2D eigenvalue weighted by molar-refractivity contribution is -0.105. The van der Waals surface area contributed by atoms with Crippen molar-refractivity contribution in [2.24, 2.45) is 0 Å². The molecule has 11 heavy (non-hydrogen) atoms. The van der Waals surface area contributed by atoms with Crippen LogP contribution in [0.1, 0.15) is 0 Å². The predicted molar refractivity (Wildman–Crippen MR) is 43.9 cm³/mol. The molecule has 0 bridgehead atoms. The number of nitrogens with zero attached hydrogens (tertiary/aromatic N) is 1. The SMILES string of the molecule is O=CNc1cnc(Cl)cc1Cl. The largest absolute Gasteiger partial charge is 0.326 e. The molecule has 1 aromatic heterocycles. The highest BCUT2D eigenvalue weighted by Crippen LogP contribution is 2.22. The molecule has 1 N–H and O–H groups in total. The van der Waals surface area contributed by atoms with Crippen molar-refractivity contribution in [3.63, 3.8) is 0 Å². The predicted octanol–water partition coefficient (Wildman–Crippen LogP) is 1.96. The Bertz CT molecular complexity index is 277. The van der Waals surface area contributed by atoms with Crippen LogP contribution in [0, 0.1) is 0 Å². The smallest absolute Gasteiger partial charge is 0.211 e. The van der Waals surface area contributed by atoms with Crippen LogP contribution in [0.2, 0.25) is 10.2 Å². The fraction of sp³-hybridized carbons (Fsp3) is 0. The number of aromatic nitrogens is 1. The third-order valence-electron chi connectivity index (χ3n) is 1.03. The third-order valence-corrected chi connectivity index (χ3v) is 1.55. The first-order valence-corrected chi connectivity index (χ1v) is 3.51. The number of pyridine rings is 1. The molecular weight excluding hydrogens is 187 g/mol. The van der Waals surface area contributed by atoms with Gasteiger partial charge in [0.15, 0.2) is 0 Å². The molecule has 0 spiro atoms. The van der Waals surface area contributed by atoms with E-state index in [1.807, 2.05) is 0 Å². The van der Waals surface area contributed by atoms with Gasteiger partial charge in [0.25, 0.3) is 0 Å². The standard InChI is InChI=1S/C6H4Cl2N2O/c7-4-1-6(8)9-2-5(4)10-3-11/h1-3H,(H,10,11). The van der Waals surface area contributed by atoms with E-state index in [9.17, 15) is 4.79 Å². The van der Waals surface area contributed by atoms with Crippen molar-refractivity contribution in [1.82, 2.24) is 4.98 Å². The van der Waals surface area contributed by atoms with Crippen LogP contribution in [0.25, 0.3) is 0 Å². The zero-order valence-corrected chi connectivity index (χ0v) is 6.86. The molecule has 0 radical (unpaired) electrons. The molecule has 5 heteroatoms. The molecule has 0 saturated carbocycles. The van der Waals surface area contributed by atoms with Crippen LogP contribution < -0.4 is 5.32 Å². The molecule has 0 saturated heterocycles. The van der Waals surface area contributed by atoms with Crippen LogP contribution >= 0.6 is 23.2 Å². The molecule has 1 heterocycles. The van der Waals surface area contributed by atoms with Gasteiger partial charge < -0.3 is 5.32 Å². The van der Waals surface area contributed by atoms with E-state index in [1.165, 1.54) is 12.3 Å². The van der Waals surface area contributed by atoms with E-state index in [0.717, 1.165) is 0 Å². The summed E-state index contributed by atoms with van der Waals surface area (Å²) in [4.78, 5) is 13.7. The Balaban J connectivity index is 2.98. The third kappa shape index (κ3) is 2.06. The minimum Gasteiger partial charge on any atom is -0.326 e. The van der Waals surface area contributed by atoms with Crippen LogP contribution in [0.15, 0.2) is 12.3 Å². The molecule has 58 valence electrons. The number of anilines is 1. The normalized spacial score (nSPS) is 9.27. The zero-order chi connectivity index (χ0) is 8.27. The molecule has 1 amide bonds. The lowest BCUT2D eigenvalue weighted by atomic mass is 10.4. The van der Waals surface area contributed by atoms with Crippen LogP contribution in [-0.4, -0.2) is 11.4 Å². The van der Waals surface area contributed by atoms with E-state index in [4.69, 9.17) is 23.2 Å². The number of rotatable bonds is 2. The Labute approximate surface area is 73.3 Å². The van der Waals surface area contributed by atoms with Crippen LogP contribution in [0.5, 0.6) is 0 Å². The number of hydrogen-bond donors (Lipinski definition) is 1. The maximum absolute atomic E-state index is 9.98. The number of halogens is 2. The monoisotopic (exact) mass is 190 g/mol. The van der Waals surface area contributed by atoms with Gasteiger partial charge in [-0.2, -0.15) is 0 Å². The first-order chi connectivity index (χ1) is 5.24. The van der Waals surface area contributed by atoms with Crippen molar-refractivity contribution < 1.29 is 4.79 Å². The molecule has 0 aliphatic heterocycles. The molecule has 1 aromatic rings. The van der Waals surface area contributed by atoms with Crippen LogP contribution in [-0.2, 0) is 4.79 Å². The van der Waals surface area contributed by atoms with E-state index in [2.05, 4.69) is 10.3 Å². The molecule has 0 atom stereocenters. The summed E-state index contributed by atoms with van der Waals surface area (Å²) >= 11 is 11.2. The fourth-order valence-corrected chi connectivity index (χ4v) is 0.998. The number of amides is 1. The van der Waals surface area contributed by atoms with Gasteiger partial charge in [0.2, 0.25) is 6.41 Å². The number of carbonyl (C=O) groups is 1. The van der Waals surface area contributed by atoms with Crippen LogP contribution in [0.3, 0.4) is 0 Å². The van der Waals surface area contributed by atoms with Crippen molar-refractivity contribution >= 4 is 35.3 Å². The maximum atomic E-state index is 9.98. The van der Waals surface area contributed by atoms with Gasteiger partial charge in [0.05, 0.1) is 16.9 Å². The first kappa shape index (κ1) is 8.30. The summed E-state index contributed by atoms with van der Waals surface area (Å²) in [7, 11) is 0. The molecule has 0 aliphatic carbocycles. The summed E-state index contributed by atoms with van der Waals surface area (Å²) in [5.41, 5.74) is 0.450. The Morgan fingerprint density at radius 3 is 2.82 bits per heavy atom. The zero-order valence-electron chi connectivity index (χ0n) is 5.34. The Hall–Kier alpha value is -0.800. The van der Waals surface area contributed by atoms with Gasteiger partial charge in [0.1, 0.15) is 5.15 Å². The highest BCUT2D eigenvalue weighted by atomic mass is 35.5. The molecule has 0 aliphatic rings. The molecule has 0 aromatic carbocycles. The van der Waals surface area contributed by atoms with Gasteiger partial charge in [-0.25, -0.2) is 4.98 Å². The van der Waals surface area contributed by atoms with Gasteiger partial charge in [-0.3, -0.25) is 4.79 Å². The van der Waals surface area contributed by atoms with E-state index in [1.54, 1.807) is 0 Å². The average Bonchev–Trinajstić information content (AvgIpc) is 1.95. The molecule has 0 unspecified atom stereocenters. The van der Waals surface area contributed by atoms with Crippen molar-refractivity contribution in [2.75, 3.05) is 5.32 Å². The quantitative estimate of drug-likeness (QED) is 0.573. The van der Waals surface area contributed by atoms with E-state index in [0.29, 0.717) is 22.3 Å². The minimum absolute atomic E-state index is 0.298. The Kier molecular flexibility index (Phi) is 2.68. The van der Waals surface area contributed by atoms with Gasteiger partial charge in [-0.15, -0.1) is 0 Å². The van der Waals surface area contributed by atoms with Gasteiger partial charge >= 0.3 is 0 Å². The van der Waals surface area contributed by atoms with Crippen molar-refractivity contribution in [2.45, 2.75) is 0 Å². The molecule has 1 rings (SSSR count). The summed E-state index contributed by atoms with van der Waals surface area (Å²) in [6, 6.07) is 1.45. The highest BCUT2D eigenvalue weighted by molar-refractivity contribution is 6.35. The number of nitrogens with one attached hydrogen (secondary N) is 1. The van der Waals surface area contributed by atoms with Gasteiger partial charge in [-0.1, -0.05) is 23.2 Å². The average molecular weight is 191 g/mol. The van der Waals surface area contributed by atoms with Crippen molar-refractivity contribution in [1.29, 1.82) is 0 Å². The number of hydrogen-bond acceptors (Lipinski definition) is 2. The topological polar surface area (TPSA) is 42.0 Å². The first-order valence-electron chi connectivity index (χ1n) is 2.75. The maximum Gasteiger partial charge on any atom is 0.211 e. The summed E-state index contributed by atoms with van der Waals surface area (Å²) in [5.74, 6) is 0. The molecule has 3 nitrogen and oxygen atoms in total. The second-order valence-electron chi connectivity index (χ2n) is 1.75. The molecular formula is C6H4Cl2N2O. The van der Waals surface area contributed by atoms with Crippen molar-refractivity contribution in [3.8, 4) is 0 Å². The van der Waals surface area contributed by atoms with E-state index < -0.39 is 0 Å². The van der Waals surface area contributed by atoms with Crippen LogP contribution in [0.4, 0.5) is 5.69 Å². The lowest BCUT2D eigenvalue weighted by Gasteiger charge is -1.99. The fourth-order valence-electron chi connectivity index (χ4n) is 0.577.